The first-order valence-electron chi connectivity index (χ1n) is 7.44. The van der Waals surface area contributed by atoms with Gasteiger partial charge in [-0.3, -0.25) is 4.57 Å². The zero-order valence-corrected chi connectivity index (χ0v) is 12.3. The van der Waals surface area contributed by atoms with E-state index in [2.05, 4.69) is 57.0 Å². The van der Waals surface area contributed by atoms with E-state index in [0.29, 0.717) is 0 Å². The molecule has 4 nitrogen and oxygen atoms in total. The van der Waals surface area contributed by atoms with Gasteiger partial charge in [0.15, 0.2) is 5.82 Å². The first-order chi connectivity index (χ1) is 10.9. The van der Waals surface area contributed by atoms with E-state index in [1.54, 1.807) is 0 Å². The van der Waals surface area contributed by atoms with Gasteiger partial charge in [-0.15, -0.1) is 10.2 Å². The third kappa shape index (κ3) is 2.00. The van der Waals surface area contributed by atoms with Crippen LogP contribution in [0, 0.1) is 0 Å². The van der Waals surface area contributed by atoms with E-state index in [4.69, 9.17) is 0 Å². The van der Waals surface area contributed by atoms with Gasteiger partial charge in [0.25, 0.3) is 0 Å². The third-order valence-electron chi connectivity index (χ3n) is 3.83. The molecule has 4 aromatic rings. The SMILES string of the molecule is CCc1nnc(-c2cc3ccccc3[nH]2)n1-c1ccccc1. The maximum atomic E-state index is 4.41. The molecule has 0 unspecified atom stereocenters. The van der Waals surface area contributed by atoms with Crippen molar-refractivity contribution in [1.29, 1.82) is 0 Å². The number of hydrogen-bond acceptors (Lipinski definition) is 2. The summed E-state index contributed by atoms with van der Waals surface area (Å²) in [6, 6.07) is 20.6. The van der Waals surface area contributed by atoms with Crippen molar-refractivity contribution < 1.29 is 0 Å². The second-order valence-corrected chi connectivity index (χ2v) is 5.23. The van der Waals surface area contributed by atoms with Gasteiger partial charge in [0.05, 0.1) is 5.69 Å². The van der Waals surface area contributed by atoms with E-state index < -0.39 is 0 Å². The summed E-state index contributed by atoms with van der Waals surface area (Å²) < 4.78 is 2.12. The van der Waals surface area contributed by atoms with Gasteiger partial charge < -0.3 is 4.98 Å². The summed E-state index contributed by atoms with van der Waals surface area (Å²) in [5.74, 6) is 1.80. The van der Waals surface area contributed by atoms with E-state index in [-0.39, 0.29) is 0 Å². The Morgan fingerprint density at radius 1 is 0.955 bits per heavy atom. The van der Waals surface area contributed by atoms with Crippen LogP contribution in [-0.2, 0) is 6.42 Å². The summed E-state index contributed by atoms with van der Waals surface area (Å²) in [5, 5.41) is 9.94. The van der Waals surface area contributed by atoms with E-state index in [0.717, 1.165) is 35.0 Å². The lowest BCUT2D eigenvalue weighted by atomic mass is 10.2. The van der Waals surface area contributed by atoms with Crippen LogP contribution in [0.4, 0.5) is 0 Å². The topological polar surface area (TPSA) is 46.5 Å². The molecule has 4 rings (SSSR count). The molecule has 4 heteroatoms. The smallest absolute Gasteiger partial charge is 0.185 e. The van der Waals surface area contributed by atoms with Crippen LogP contribution in [0.15, 0.2) is 60.7 Å². The molecule has 0 aliphatic heterocycles. The highest BCUT2D eigenvalue weighted by Crippen LogP contribution is 2.26. The molecule has 0 bridgehead atoms. The average molecular weight is 288 g/mol. The van der Waals surface area contributed by atoms with Gasteiger partial charge in [-0.05, 0) is 24.3 Å². The van der Waals surface area contributed by atoms with Crippen LogP contribution in [0.2, 0.25) is 0 Å². The first kappa shape index (κ1) is 12.8. The van der Waals surface area contributed by atoms with Gasteiger partial charge in [0.1, 0.15) is 5.82 Å². The molecule has 22 heavy (non-hydrogen) atoms. The number of H-pyrrole nitrogens is 1. The van der Waals surface area contributed by atoms with Crippen molar-refractivity contribution in [2.45, 2.75) is 13.3 Å². The van der Waals surface area contributed by atoms with Crippen LogP contribution in [-0.4, -0.2) is 19.7 Å². The lowest BCUT2D eigenvalue weighted by Gasteiger charge is -2.08. The van der Waals surface area contributed by atoms with Crippen LogP contribution in [0.3, 0.4) is 0 Å². The fourth-order valence-electron chi connectivity index (χ4n) is 2.76. The Labute approximate surface area is 128 Å². The number of aryl methyl sites for hydroxylation is 1. The van der Waals surface area contributed by atoms with Crippen molar-refractivity contribution >= 4 is 10.9 Å². The molecule has 2 aromatic carbocycles. The van der Waals surface area contributed by atoms with Gasteiger partial charge in [-0.1, -0.05) is 43.3 Å². The predicted octanol–water partition coefficient (Wildman–Crippen LogP) is 3.98. The normalized spacial score (nSPS) is 11.1. The Bertz CT molecular complexity index is 886. The van der Waals surface area contributed by atoms with Crippen molar-refractivity contribution in [3.63, 3.8) is 0 Å². The maximum Gasteiger partial charge on any atom is 0.185 e. The molecule has 1 N–H and O–H groups in total. The van der Waals surface area contributed by atoms with E-state index in [9.17, 15) is 0 Å². The van der Waals surface area contributed by atoms with Gasteiger partial charge in [-0.25, -0.2) is 0 Å². The number of para-hydroxylation sites is 2. The number of aromatic nitrogens is 4. The minimum atomic E-state index is 0.835. The van der Waals surface area contributed by atoms with Crippen LogP contribution >= 0.6 is 0 Å². The molecular formula is C18H16N4. The standard InChI is InChI=1S/C18H16N4/c1-2-17-20-21-18(22(17)14-9-4-3-5-10-14)16-12-13-8-6-7-11-15(13)19-16/h3-12,19H,2H2,1H3. The Balaban J connectivity index is 1.94. The molecule has 0 saturated carbocycles. The Kier molecular flexibility index (Phi) is 3.00. The molecule has 108 valence electrons. The fraction of sp³-hybridized carbons (Fsp3) is 0.111. The summed E-state index contributed by atoms with van der Waals surface area (Å²) >= 11 is 0. The van der Waals surface area contributed by atoms with Crippen LogP contribution in [0.25, 0.3) is 28.1 Å². The molecule has 0 saturated heterocycles. The minimum absolute atomic E-state index is 0.835. The zero-order chi connectivity index (χ0) is 14.9. The monoisotopic (exact) mass is 288 g/mol. The van der Waals surface area contributed by atoms with Gasteiger partial charge in [0.2, 0.25) is 0 Å². The highest BCUT2D eigenvalue weighted by molar-refractivity contribution is 5.84. The van der Waals surface area contributed by atoms with Gasteiger partial charge in [-0.2, -0.15) is 0 Å². The highest BCUT2D eigenvalue weighted by Gasteiger charge is 2.15. The number of hydrogen-bond donors (Lipinski definition) is 1. The average Bonchev–Trinajstić information content (AvgIpc) is 3.18. The maximum absolute atomic E-state index is 4.41. The molecule has 0 aliphatic rings. The molecule has 0 aliphatic carbocycles. The second kappa shape index (κ2) is 5.15. The van der Waals surface area contributed by atoms with Gasteiger partial charge in [0, 0.05) is 23.0 Å². The molecule has 2 heterocycles. The third-order valence-corrected chi connectivity index (χ3v) is 3.83. The summed E-state index contributed by atoms with van der Waals surface area (Å²) in [6.07, 6.45) is 0.835. The number of fused-ring (bicyclic) bond motifs is 1. The van der Waals surface area contributed by atoms with E-state index in [1.807, 2.05) is 30.3 Å². The van der Waals surface area contributed by atoms with E-state index in [1.165, 1.54) is 5.39 Å². The molecular weight excluding hydrogens is 272 g/mol. The lowest BCUT2D eigenvalue weighted by Crippen LogP contribution is -2.02. The van der Waals surface area contributed by atoms with Crippen LogP contribution in [0.1, 0.15) is 12.7 Å². The Morgan fingerprint density at radius 3 is 2.50 bits per heavy atom. The Hall–Kier alpha value is -2.88. The van der Waals surface area contributed by atoms with Crippen LogP contribution < -0.4 is 0 Å². The number of aromatic amines is 1. The lowest BCUT2D eigenvalue weighted by molar-refractivity contribution is 0.884. The summed E-state index contributed by atoms with van der Waals surface area (Å²) in [7, 11) is 0. The molecule has 0 atom stereocenters. The number of nitrogens with one attached hydrogen (secondary N) is 1. The largest absolute Gasteiger partial charge is 0.352 e. The zero-order valence-electron chi connectivity index (χ0n) is 12.3. The Morgan fingerprint density at radius 2 is 1.73 bits per heavy atom. The molecule has 0 amide bonds. The summed E-state index contributed by atoms with van der Waals surface area (Å²) in [5.41, 5.74) is 3.17. The van der Waals surface area contributed by atoms with Gasteiger partial charge >= 0.3 is 0 Å². The quantitative estimate of drug-likeness (QED) is 0.620. The molecule has 0 fully saturated rings. The molecule has 2 aromatic heterocycles. The summed E-state index contributed by atoms with van der Waals surface area (Å²) in [6.45, 7) is 2.10. The van der Waals surface area contributed by atoms with Crippen molar-refractivity contribution in [1.82, 2.24) is 19.7 Å². The molecule has 0 radical (unpaired) electrons. The van der Waals surface area contributed by atoms with Crippen molar-refractivity contribution in [2.24, 2.45) is 0 Å². The fourth-order valence-corrected chi connectivity index (χ4v) is 2.76. The van der Waals surface area contributed by atoms with Crippen molar-refractivity contribution in [3.05, 3.63) is 66.5 Å². The van der Waals surface area contributed by atoms with Crippen molar-refractivity contribution in [3.8, 4) is 17.2 Å². The van der Waals surface area contributed by atoms with E-state index >= 15 is 0 Å². The second-order valence-electron chi connectivity index (χ2n) is 5.23. The highest BCUT2D eigenvalue weighted by atomic mass is 15.3. The number of rotatable bonds is 3. The van der Waals surface area contributed by atoms with Crippen LogP contribution in [0.5, 0.6) is 0 Å². The molecule has 0 spiro atoms. The summed E-state index contributed by atoms with van der Waals surface area (Å²) in [4.78, 5) is 3.44. The number of benzene rings is 2. The first-order valence-corrected chi connectivity index (χ1v) is 7.44. The predicted molar refractivity (Wildman–Crippen MR) is 88.0 cm³/mol. The number of nitrogens with zero attached hydrogens (tertiary/aromatic N) is 3. The minimum Gasteiger partial charge on any atom is -0.352 e. The van der Waals surface area contributed by atoms with Crippen molar-refractivity contribution in [2.75, 3.05) is 0 Å².